The highest BCUT2D eigenvalue weighted by molar-refractivity contribution is 8.23. The smallest absolute Gasteiger partial charge is 0.354 e. The summed E-state index contributed by atoms with van der Waals surface area (Å²) in [6, 6.07) is 0. The van der Waals surface area contributed by atoms with Crippen LogP contribution in [0.15, 0.2) is 16.3 Å². The molecule has 10 heteroatoms. The number of fused-ring (bicyclic) bond motifs is 2. The first-order valence-corrected chi connectivity index (χ1v) is 8.92. The monoisotopic (exact) mass is 354 g/mol. The number of nitrogens with zero attached hydrogens (tertiary/aromatic N) is 4. The van der Waals surface area contributed by atoms with E-state index in [4.69, 9.17) is 0 Å². The van der Waals surface area contributed by atoms with E-state index in [1.807, 2.05) is 4.57 Å². The molecule has 0 spiro atoms. The topological polar surface area (TPSA) is 109 Å². The van der Waals surface area contributed by atoms with Gasteiger partial charge in [-0.05, 0) is 6.92 Å². The van der Waals surface area contributed by atoms with Crippen LogP contribution in [-0.2, 0) is 22.6 Å². The van der Waals surface area contributed by atoms with Gasteiger partial charge in [-0.2, -0.15) is 0 Å². The minimum absolute atomic E-state index is 0.0505. The van der Waals surface area contributed by atoms with Crippen LogP contribution in [0.3, 0.4) is 0 Å². The summed E-state index contributed by atoms with van der Waals surface area (Å²) in [5, 5.41) is 26.9. The highest BCUT2D eigenvalue weighted by Gasteiger charge is 2.58. The molecule has 23 heavy (non-hydrogen) atoms. The first-order chi connectivity index (χ1) is 11.0. The summed E-state index contributed by atoms with van der Waals surface area (Å²) in [4.78, 5) is 25.0. The molecule has 2 unspecified atom stereocenters. The minimum Gasteiger partial charge on any atom is -0.477 e. The van der Waals surface area contributed by atoms with Gasteiger partial charge < -0.3 is 14.8 Å². The molecule has 1 fully saturated rings. The van der Waals surface area contributed by atoms with E-state index in [0.29, 0.717) is 4.24 Å². The van der Waals surface area contributed by atoms with Crippen LogP contribution in [0.1, 0.15) is 12.7 Å². The molecule has 8 nitrogen and oxygen atoms in total. The van der Waals surface area contributed by atoms with E-state index in [0.717, 1.165) is 18.8 Å². The number of aliphatic carboxylic acids is 1. The van der Waals surface area contributed by atoms with Crippen molar-refractivity contribution in [1.29, 1.82) is 0 Å². The molecule has 1 aromatic rings. The molecule has 0 radical (unpaired) electrons. The van der Waals surface area contributed by atoms with E-state index < -0.39 is 18.0 Å². The fraction of sp³-hybridized carbons (Fsp3) is 0.538. The van der Waals surface area contributed by atoms with E-state index >= 15 is 0 Å². The zero-order chi connectivity index (χ0) is 16.3. The number of aliphatic hydroxyl groups is 1. The van der Waals surface area contributed by atoms with Crippen molar-refractivity contribution in [3.05, 3.63) is 22.1 Å². The van der Waals surface area contributed by atoms with Gasteiger partial charge in [0.25, 0.3) is 0 Å². The third-order valence-corrected chi connectivity index (χ3v) is 7.04. The van der Waals surface area contributed by atoms with Gasteiger partial charge in [0.1, 0.15) is 17.5 Å². The average molecular weight is 354 g/mol. The van der Waals surface area contributed by atoms with Crippen molar-refractivity contribution in [1.82, 2.24) is 19.7 Å². The lowest BCUT2D eigenvalue weighted by molar-refractivity contribution is -0.156. The van der Waals surface area contributed by atoms with Crippen LogP contribution in [0.5, 0.6) is 0 Å². The number of β-lactam (4-membered cyclic amide) rings is 1. The minimum atomic E-state index is -1.10. The van der Waals surface area contributed by atoms with Crippen LogP contribution >= 0.6 is 23.5 Å². The molecular formula is C13H14N4O4S2. The highest BCUT2D eigenvalue weighted by Crippen LogP contribution is 2.55. The van der Waals surface area contributed by atoms with Crippen molar-refractivity contribution in [3.8, 4) is 0 Å². The summed E-state index contributed by atoms with van der Waals surface area (Å²) in [6.45, 7) is 2.29. The lowest BCUT2D eigenvalue weighted by Gasteiger charge is -2.43. The molecule has 1 amide bonds. The Kier molecular flexibility index (Phi) is 3.43. The Bertz CT molecular complexity index is 711. The molecule has 0 saturated carbocycles. The SMILES string of the molecule is CC(O)[C@H]1C(=O)N2C(C(=O)O)=C(SC3Cc4nncn4C3)S[C@H]12. The van der Waals surface area contributed by atoms with E-state index in [1.165, 1.54) is 28.4 Å². The van der Waals surface area contributed by atoms with Crippen LogP contribution < -0.4 is 0 Å². The normalized spacial score (nSPS) is 30.3. The quantitative estimate of drug-likeness (QED) is 0.733. The van der Waals surface area contributed by atoms with Crippen LogP contribution in [0.4, 0.5) is 0 Å². The summed E-state index contributed by atoms with van der Waals surface area (Å²) in [6.07, 6.45) is 1.61. The highest BCUT2D eigenvalue weighted by atomic mass is 32.2. The number of aromatic nitrogens is 3. The molecule has 4 heterocycles. The Balaban J connectivity index is 1.55. The van der Waals surface area contributed by atoms with E-state index in [2.05, 4.69) is 10.2 Å². The summed E-state index contributed by atoms with van der Waals surface area (Å²) in [7, 11) is 0. The van der Waals surface area contributed by atoms with Gasteiger partial charge in [-0.1, -0.05) is 11.8 Å². The first-order valence-electron chi connectivity index (χ1n) is 7.16. The summed E-state index contributed by atoms with van der Waals surface area (Å²) in [5.74, 6) is -1.05. The number of amides is 1. The largest absolute Gasteiger partial charge is 0.477 e. The summed E-state index contributed by atoms with van der Waals surface area (Å²) >= 11 is 2.84. The van der Waals surface area contributed by atoms with Gasteiger partial charge in [0.05, 0.1) is 16.3 Å². The maximum absolute atomic E-state index is 12.1. The first kappa shape index (κ1) is 15.0. The molecule has 0 bridgehead atoms. The third-order valence-electron chi connectivity index (χ3n) is 4.25. The number of rotatable bonds is 4. The van der Waals surface area contributed by atoms with E-state index in [-0.39, 0.29) is 22.2 Å². The second kappa shape index (κ2) is 5.25. The van der Waals surface area contributed by atoms with Crippen molar-refractivity contribution in [2.24, 2.45) is 5.92 Å². The molecule has 1 saturated heterocycles. The summed E-state index contributed by atoms with van der Waals surface area (Å²) in [5.41, 5.74) is 0.0505. The Morgan fingerprint density at radius 1 is 1.57 bits per heavy atom. The number of carbonyl (C=O) groups is 2. The molecular weight excluding hydrogens is 340 g/mol. The molecule has 3 aliphatic heterocycles. The zero-order valence-corrected chi connectivity index (χ0v) is 13.8. The molecule has 122 valence electrons. The molecule has 0 aromatic carbocycles. The van der Waals surface area contributed by atoms with Gasteiger partial charge in [0.2, 0.25) is 5.91 Å². The van der Waals surface area contributed by atoms with Crippen LogP contribution in [0, 0.1) is 5.92 Å². The van der Waals surface area contributed by atoms with Gasteiger partial charge in [0, 0.05) is 18.2 Å². The number of carboxylic acid groups (broad SMARTS) is 1. The third kappa shape index (κ3) is 2.19. The lowest BCUT2D eigenvalue weighted by Crippen LogP contribution is -2.60. The number of carboxylic acids is 1. The van der Waals surface area contributed by atoms with E-state index in [9.17, 15) is 19.8 Å². The number of aliphatic hydroxyl groups excluding tert-OH is 1. The average Bonchev–Trinajstić information content (AvgIpc) is 3.10. The fourth-order valence-electron chi connectivity index (χ4n) is 3.14. The van der Waals surface area contributed by atoms with E-state index in [1.54, 1.807) is 13.3 Å². The molecule has 3 aliphatic rings. The maximum Gasteiger partial charge on any atom is 0.354 e. The van der Waals surface area contributed by atoms with Crippen LogP contribution in [0.25, 0.3) is 0 Å². The predicted molar refractivity (Wildman–Crippen MR) is 83.2 cm³/mol. The molecule has 4 atom stereocenters. The van der Waals surface area contributed by atoms with Crippen LogP contribution in [-0.4, -0.2) is 58.5 Å². The van der Waals surface area contributed by atoms with Crippen LogP contribution in [0.2, 0.25) is 0 Å². The van der Waals surface area contributed by atoms with Gasteiger partial charge in [-0.15, -0.1) is 22.0 Å². The molecule has 0 aliphatic carbocycles. The van der Waals surface area contributed by atoms with Gasteiger partial charge in [-0.3, -0.25) is 9.69 Å². The van der Waals surface area contributed by atoms with Crippen molar-refractivity contribution >= 4 is 35.4 Å². The van der Waals surface area contributed by atoms with Crippen molar-refractivity contribution in [2.75, 3.05) is 0 Å². The van der Waals surface area contributed by atoms with Crippen molar-refractivity contribution in [2.45, 2.75) is 36.6 Å². The van der Waals surface area contributed by atoms with Gasteiger partial charge in [-0.25, -0.2) is 4.79 Å². The van der Waals surface area contributed by atoms with Gasteiger partial charge >= 0.3 is 5.97 Å². The standard InChI is InChI=1S/C13H14N4O4S2/c1-5(18)8-10(19)17-9(12(20)21)13(23-11(8)17)22-6-2-7-15-14-4-16(7)3-6/h4-6,8,11,18H,2-3H2,1H3,(H,20,21)/t5?,6?,8-,11+/m0/s1. The van der Waals surface area contributed by atoms with Gasteiger partial charge in [0.15, 0.2) is 5.70 Å². The Hall–Kier alpha value is -1.52. The molecule has 1 aromatic heterocycles. The number of carbonyl (C=O) groups excluding carboxylic acids is 1. The molecule has 2 N–H and O–H groups in total. The predicted octanol–water partition coefficient (Wildman–Crippen LogP) is 0.102. The number of thioether (sulfide) groups is 2. The second-order valence-electron chi connectivity index (χ2n) is 5.77. The fourth-order valence-corrected chi connectivity index (χ4v) is 6.46. The second-order valence-corrected chi connectivity index (χ2v) is 8.46. The Labute approximate surface area is 139 Å². The lowest BCUT2D eigenvalue weighted by atomic mass is 9.92. The summed E-state index contributed by atoms with van der Waals surface area (Å²) < 4.78 is 2.60. The number of hydrogen-bond donors (Lipinski definition) is 2. The Morgan fingerprint density at radius 2 is 2.35 bits per heavy atom. The van der Waals surface area contributed by atoms with Crippen molar-refractivity contribution in [3.63, 3.8) is 0 Å². The number of hydrogen-bond acceptors (Lipinski definition) is 7. The molecule has 4 rings (SSSR count). The Morgan fingerprint density at radius 3 is 3.00 bits per heavy atom. The van der Waals surface area contributed by atoms with Crippen molar-refractivity contribution < 1.29 is 19.8 Å². The zero-order valence-electron chi connectivity index (χ0n) is 12.1. The maximum atomic E-state index is 12.1.